The Labute approximate surface area is 152 Å². The van der Waals surface area contributed by atoms with Gasteiger partial charge in [-0.2, -0.15) is 0 Å². The minimum atomic E-state index is -1.92. The molecule has 0 bridgehead atoms. The van der Waals surface area contributed by atoms with Gasteiger partial charge in [0.2, 0.25) is 0 Å². The molecular formula is C20H30O4Si. The van der Waals surface area contributed by atoms with Gasteiger partial charge in [0.25, 0.3) is 0 Å². The van der Waals surface area contributed by atoms with Crippen LogP contribution in [0.25, 0.3) is 0 Å². The summed E-state index contributed by atoms with van der Waals surface area (Å²) in [5, 5.41) is 10.3. The van der Waals surface area contributed by atoms with Gasteiger partial charge in [0.05, 0.1) is 11.7 Å². The van der Waals surface area contributed by atoms with Crippen LogP contribution in [-0.4, -0.2) is 38.2 Å². The lowest BCUT2D eigenvalue weighted by Crippen LogP contribution is -2.43. The smallest absolute Gasteiger partial charge is 0.338 e. The summed E-state index contributed by atoms with van der Waals surface area (Å²) in [6, 6.07) is 8.91. The van der Waals surface area contributed by atoms with Crippen molar-refractivity contribution in [1.29, 1.82) is 0 Å². The predicted molar refractivity (Wildman–Crippen MR) is 102 cm³/mol. The number of hydrogen-bond acceptors (Lipinski definition) is 4. The van der Waals surface area contributed by atoms with Crippen LogP contribution in [0.15, 0.2) is 42.5 Å². The maximum Gasteiger partial charge on any atom is 0.338 e. The Morgan fingerprint density at radius 3 is 2.44 bits per heavy atom. The van der Waals surface area contributed by atoms with Crippen LogP contribution in [0.1, 0.15) is 37.6 Å². The summed E-state index contributed by atoms with van der Waals surface area (Å²) in [6.07, 6.45) is -0.676. The molecule has 0 amide bonds. The molecule has 5 heteroatoms. The Balaban J connectivity index is 2.07. The van der Waals surface area contributed by atoms with Crippen molar-refractivity contribution in [2.75, 3.05) is 6.61 Å². The van der Waals surface area contributed by atoms with Crippen LogP contribution in [0, 0.1) is 5.92 Å². The standard InChI is InChI=1S/C20H30O4Si/c1-14-16(13-23-25(5,6)20(2,3)4)18(12-17(14)21)24-19(22)15-10-8-7-9-11-15/h7-11,16-18,21H,1,12-13H2,2-6H3/t16-,17+,18-/m0/s1. The van der Waals surface area contributed by atoms with Crippen molar-refractivity contribution in [2.45, 2.75) is 57.5 Å². The fraction of sp³-hybridized carbons (Fsp3) is 0.550. The van der Waals surface area contributed by atoms with Crippen molar-refractivity contribution in [3.63, 3.8) is 0 Å². The van der Waals surface area contributed by atoms with Crippen LogP contribution in [0.3, 0.4) is 0 Å². The molecule has 1 aromatic carbocycles. The topological polar surface area (TPSA) is 55.8 Å². The third-order valence-corrected chi connectivity index (χ3v) is 10.0. The van der Waals surface area contributed by atoms with E-state index in [0.717, 1.165) is 0 Å². The number of hydrogen-bond donors (Lipinski definition) is 1. The van der Waals surface area contributed by atoms with Crippen molar-refractivity contribution in [3.8, 4) is 0 Å². The van der Waals surface area contributed by atoms with Crippen LogP contribution in [0.2, 0.25) is 18.1 Å². The normalized spacial score (nSPS) is 24.4. The van der Waals surface area contributed by atoms with Gasteiger partial charge in [-0.15, -0.1) is 0 Å². The number of benzene rings is 1. The summed E-state index contributed by atoms with van der Waals surface area (Å²) in [7, 11) is -1.92. The highest BCUT2D eigenvalue weighted by molar-refractivity contribution is 6.74. The van der Waals surface area contributed by atoms with E-state index in [1.807, 2.05) is 6.07 Å². The molecule has 1 aliphatic rings. The van der Waals surface area contributed by atoms with Gasteiger partial charge in [-0.05, 0) is 35.8 Å². The third-order valence-electron chi connectivity index (χ3n) is 5.51. The van der Waals surface area contributed by atoms with Gasteiger partial charge in [0.1, 0.15) is 6.10 Å². The van der Waals surface area contributed by atoms with Crippen LogP contribution in [-0.2, 0) is 9.16 Å². The molecule has 0 aromatic heterocycles. The van der Waals surface area contributed by atoms with Crippen molar-refractivity contribution < 1.29 is 19.1 Å². The average Bonchev–Trinajstić information content (AvgIpc) is 2.79. The first-order valence-corrected chi connectivity index (χ1v) is 11.7. The molecule has 0 heterocycles. The highest BCUT2D eigenvalue weighted by Crippen LogP contribution is 2.39. The van der Waals surface area contributed by atoms with Crippen LogP contribution in [0.5, 0.6) is 0 Å². The van der Waals surface area contributed by atoms with E-state index in [0.29, 0.717) is 24.2 Å². The van der Waals surface area contributed by atoms with Gasteiger partial charge >= 0.3 is 5.97 Å². The molecular weight excluding hydrogens is 332 g/mol. The highest BCUT2D eigenvalue weighted by Gasteiger charge is 2.43. The van der Waals surface area contributed by atoms with E-state index in [1.165, 1.54) is 0 Å². The first-order chi connectivity index (χ1) is 11.5. The molecule has 1 aromatic rings. The lowest BCUT2D eigenvalue weighted by Gasteiger charge is -2.37. The monoisotopic (exact) mass is 362 g/mol. The summed E-state index contributed by atoms with van der Waals surface area (Å²) < 4.78 is 12.0. The lowest BCUT2D eigenvalue weighted by atomic mass is 10.0. The zero-order valence-electron chi connectivity index (χ0n) is 15.9. The number of rotatable bonds is 5. The van der Waals surface area contributed by atoms with E-state index < -0.39 is 20.5 Å². The van der Waals surface area contributed by atoms with Crippen LogP contribution in [0.4, 0.5) is 0 Å². The zero-order chi connectivity index (χ0) is 18.8. The van der Waals surface area contributed by atoms with Crippen LogP contribution < -0.4 is 0 Å². The molecule has 0 radical (unpaired) electrons. The second-order valence-electron chi connectivity index (χ2n) is 8.31. The van der Waals surface area contributed by atoms with Crippen molar-refractivity contribution in [1.82, 2.24) is 0 Å². The predicted octanol–water partition coefficient (Wildman–Crippen LogP) is 4.17. The summed E-state index contributed by atoms with van der Waals surface area (Å²) in [5.41, 5.74) is 1.21. The molecule has 1 saturated carbocycles. The largest absolute Gasteiger partial charge is 0.458 e. The maximum absolute atomic E-state index is 12.4. The van der Waals surface area contributed by atoms with Gasteiger partial charge in [-0.3, -0.25) is 0 Å². The average molecular weight is 363 g/mol. The molecule has 4 nitrogen and oxygen atoms in total. The number of esters is 1. The first-order valence-electron chi connectivity index (χ1n) is 8.79. The van der Waals surface area contributed by atoms with Crippen LogP contribution >= 0.6 is 0 Å². The Bertz CT molecular complexity index is 618. The molecule has 0 spiro atoms. The molecule has 1 N–H and O–H groups in total. The van der Waals surface area contributed by atoms with E-state index in [-0.39, 0.29) is 16.9 Å². The Hall–Kier alpha value is -1.43. The molecule has 138 valence electrons. The molecule has 0 unspecified atom stereocenters. The number of carbonyl (C=O) groups is 1. The number of aliphatic hydroxyl groups is 1. The fourth-order valence-electron chi connectivity index (χ4n) is 2.66. The minimum absolute atomic E-state index is 0.0990. The second kappa shape index (κ2) is 7.44. The van der Waals surface area contributed by atoms with Gasteiger partial charge in [-0.1, -0.05) is 45.5 Å². The Kier molecular flexibility index (Phi) is 5.92. The fourth-order valence-corrected chi connectivity index (χ4v) is 3.69. The second-order valence-corrected chi connectivity index (χ2v) is 13.1. The van der Waals surface area contributed by atoms with Gasteiger partial charge in [0.15, 0.2) is 8.32 Å². The van der Waals surface area contributed by atoms with Crippen molar-refractivity contribution in [3.05, 3.63) is 48.0 Å². The maximum atomic E-state index is 12.4. The summed E-state index contributed by atoms with van der Waals surface area (Å²) in [5.74, 6) is -0.540. The third kappa shape index (κ3) is 4.60. The molecule has 1 fully saturated rings. The number of aliphatic hydroxyl groups excluding tert-OH is 1. The molecule has 0 saturated heterocycles. The molecule has 3 atom stereocenters. The van der Waals surface area contributed by atoms with E-state index in [1.54, 1.807) is 24.3 Å². The van der Waals surface area contributed by atoms with Crippen molar-refractivity contribution in [2.24, 2.45) is 5.92 Å². The van der Waals surface area contributed by atoms with E-state index in [2.05, 4.69) is 40.4 Å². The van der Waals surface area contributed by atoms with Gasteiger partial charge in [0, 0.05) is 18.9 Å². The summed E-state index contributed by atoms with van der Waals surface area (Å²) in [4.78, 5) is 12.4. The number of ether oxygens (including phenoxy) is 1. The van der Waals surface area contributed by atoms with E-state index in [9.17, 15) is 9.90 Å². The van der Waals surface area contributed by atoms with Gasteiger partial charge < -0.3 is 14.3 Å². The lowest BCUT2D eigenvalue weighted by molar-refractivity contribution is 0.0144. The molecule has 0 aliphatic heterocycles. The Morgan fingerprint density at radius 2 is 1.88 bits per heavy atom. The minimum Gasteiger partial charge on any atom is -0.458 e. The van der Waals surface area contributed by atoms with Crippen molar-refractivity contribution >= 4 is 14.3 Å². The highest BCUT2D eigenvalue weighted by atomic mass is 28.4. The molecule has 2 rings (SSSR count). The Morgan fingerprint density at radius 1 is 1.28 bits per heavy atom. The summed E-state index contributed by atoms with van der Waals surface area (Å²) >= 11 is 0. The van der Waals surface area contributed by atoms with E-state index >= 15 is 0 Å². The zero-order valence-corrected chi connectivity index (χ0v) is 16.9. The van der Waals surface area contributed by atoms with E-state index in [4.69, 9.17) is 9.16 Å². The quantitative estimate of drug-likeness (QED) is 0.485. The number of carbonyl (C=O) groups excluding carboxylic acids is 1. The summed E-state index contributed by atoms with van der Waals surface area (Å²) in [6.45, 7) is 15.4. The molecule has 1 aliphatic carbocycles. The van der Waals surface area contributed by atoms with Gasteiger partial charge in [-0.25, -0.2) is 4.79 Å². The SMILES string of the molecule is C=C1[C@H](O)C[C@H](OC(=O)c2ccccc2)[C@H]1CO[Si](C)(C)C(C)(C)C. The first kappa shape index (κ1) is 19.9. The molecule has 25 heavy (non-hydrogen) atoms.